The van der Waals surface area contributed by atoms with Crippen molar-refractivity contribution in [3.8, 4) is 0 Å². The summed E-state index contributed by atoms with van der Waals surface area (Å²) in [4.78, 5) is 30.4. The van der Waals surface area contributed by atoms with E-state index in [1.807, 2.05) is 42.5 Å². The fraction of sp³-hybridized carbons (Fsp3) is 0.314. The quantitative estimate of drug-likeness (QED) is 0.338. The minimum Gasteiger partial charge on any atom is -0.481 e. The van der Waals surface area contributed by atoms with Crippen LogP contribution in [0.15, 0.2) is 115 Å². The molecule has 1 saturated heterocycles. The molecule has 0 amide bonds. The van der Waals surface area contributed by atoms with E-state index < -0.39 is 22.8 Å². The van der Waals surface area contributed by atoms with Crippen LogP contribution < -0.4 is 0 Å². The molecular weight excluding hydrogens is 512 g/mol. The first-order chi connectivity index (χ1) is 19.8. The first kappa shape index (κ1) is 28.4. The summed E-state index contributed by atoms with van der Waals surface area (Å²) in [6.45, 7) is 5.36. The smallest absolute Gasteiger partial charge is 0.316 e. The first-order valence-corrected chi connectivity index (χ1v) is 14.3. The van der Waals surface area contributed by atoms with E-state index >= 15 is 0 Å². The van der Waals surface area contributed by atoms with Crippen LogP contribution in [-0.4, -0.2) is 64.7 Å². The molecule has 6 nitrogen and oxygen atoms in total. The zero-order valence-electron chi connectivity index (χ0n) is 23.5. The van der Waals surface area contributed by atoms with Gasteiger partial charge < -0.3 is 15.1 Å². The Morgan fingerprint density at radius 2 is 1.32 bits per heavy atom. The highest BCUT2D eigenvalue weighted by Crippen LogP contribution is 2.52. The van der Waals surface area contributed by atoms with Gasteiger partial charge in [-0.15, -0.1) is 0 Å². The summed E-state index contributed by atoms with van der Waals surface area (Å²) in [5.74, 6) is -1.95. The van der Waals surface area contributed by atoms with Crippen molar-refractivity contribution in [3.63, 3.8) is 0 Å². The zero-order chi connectivity index (χ0) is 28.9. The molecule has 0 radical (unpaired) electrons. The van der Waals surface area contributed by atoms with E-state index in [4.69, 9.17) is 0 Å². The number of nitrogens with zero attached hydrogens (tertiary/aromatic N) is 2. The van der Waals surface area contributed by atoms with E-state index in [1.165, 1.54) is 11.1 Å². The molecule has 1 fully saturated rings. The summed E-state index contributed by atoms with van der Waals surface area (Å²) in [6, 6.07) is 30.5. The molecule has 2 N–H and O–H groups in total. The molecule has 1 aliphatic heterocycles. The summed E-state index contributed by atoms with van der Waals surface area (Å²) in [6.07, 6.45) is 6.18. The van der Waals surface area contributed by atoms with E-state index in [9.17, 15) is 19.8 Å². The number of benzene rings is 3. The van der Waals surface area contributed by atoms with E-state index in [0.717, 1.165) is 31.6 Å². The Bertz CT molecular complexity index is 1360. The molecule has 5 rings (SSSR count). The van der Waals surface area contributed by atoms with Crippen molar-refractivity contribution in [3.05, 3.63) is 132 Å². The van der Waals surface area contributed by atoms with Gasteiger partial charge in [-0.2, -0.15) is 0 Å². The number of carboxylic acid groups (broad SMARTS) is 2. The normalized spacial score (nSPS) is 22.9. The molecular formula is C35H38N2O4. The molecule has 41 heavy (non-hydrogen) atoms. The van der Waals surface area contributed by atoms with Crippen molar-refractivity contribution in [2.45, 2.75) is 25.7 Å². The Balaban J connectivity index is 1.31. The average molecular weight is 551 g/mol. The SMILES string of the molecule is CC1(C(=O)O)C(N2CCN(CCC(c3ccccc3)c3ccccc3)CC2)=CC=CC1(Cc1ccccc1)C(=O)O. The number of hydrogen-bond acceptors (Lipinski definition) is 4. The Labute approximate surface area is 242 Å². The summed E-state index contributed by atoms with van der Waals surface area (Å²) < 4.78 is 0. The second-order valence-electron chi connectivity index (χ2n) is 11.3. The highest BCUT2D eigenvalue weighted by atomic mass is 16.4. The van der Waals surface area contributed by atoms with E-state index in [1.54, 1.807) is 25.2 Å². The summed E-state index contributed by atoms with van der Waals surface area (Å²) in [5, 5.41) is 21.1. The van der Waals surface area contributed by atoms with Gasteiger partial charge in [0, 0.05) is 37.8 Å². The largest absolute Gasteiger partial charge is 0.481 e. The summed E-state index contributed by atoms with van der Waals surface area (Å²) in [5.41, 5.74) is 0.729. The van der Waals surface area contributed by atoms with Crippen molar-refractivity contribution in [1.82, 2.24) is 9.80 Å². The fourth-order valence-electron chi connectivity index (χ4n) is 6.52. The maximum absolute atomic E-state index is 13.0. The van der Waals surface area contributed by atoms with Gasteiger partial charge in [-0.05, 0) is 49.1 Å². The van der Waals surface area contributed by atoms with Crippen LogP contribution in [0.5, 0.6) is 0 Å². The number of allylic oxidation sites excluding steroid dienone is 2. The summed E-state index contributed by atoms with van der Waals surface area (Å²) >= 11 is 0. The lowest BCUT2D eigenvalue weighted by atomic mass is 9.57. The van der Waals surface area contributed by atoms with Crippen LogP contribution in [0.3, 0.4) is 0 Å². The maximum atomic E-state index is 13.0. The van der Waals surface area contributed by atoms with Gasteiger partial charge in [-0.3, -0.25) is 14.5 Å². The van der Waals surface area contributed by atoms with Gasteiger partial charge in [0.25, 0.3) is 0 Å². The zero-order valence-corrected chi connectivity index (χ0v) is 23.5. The topological polar surface area (TPSA) is 81.1 Å². The van der Waals surface area contributed by atoms with Crippen molar-refractivity contribution < 1.29 is 19.8 Å². The number of hydrogen-bond donors (Lipinski definition) is 2. The predicted molar refractivity (Wildman–Crippen MR) is 161 cm³/mol. The Kier molecular flexibility index (Phi) is 8.41. The number of rotatable bonds is 10. The van der Waals surface area contributed by atoms with Crippen molar-refractivity contribution in [1.29, 1.82) is 0 Å². The van der Waals surface area contributed by atoms with E-state index in [2.05, 4.69) is 58.3 Å². The highest BCUT2D eigenvalue weighted by Gasteiger charge is 2.61. The van der Waals surface area contributed by atoms with Gasteiger partial charge in [-0.25, -0.2) is 0 Å². The Morgan fingerprint density at radius 3 is 1.83 bits per heavy atom. The van der Waals surface area contributed by atoms with Crippen LogP contribution in [-0.2, 0) is 16.0 Å². The molecule has 3 aromatic rings. The standard InChI is InChI=1S/C35H38N2O4/c1-34(32(38)39)31(18-11-20-35(34,33(40)41)26-27-12-5-2-6-13-27)37-24-22-36(23-25-37)21-19-30(28-14-7-3-8-15-28)29-16-9-4-10-17-29/h2-18,20,30H,19,21-26H2,1H3,(H,38,39)(H,40,41). The molecule has 1 heterocycles. The third-order valence-electron chi connectivity index (χ3n) is 9.03. The molecule has 2 unspecified atom stereocenters. The third kappa shape index (κ3) is 5.57. The number of aliphatic carboxylic acids is 2. The van der Waals surface area contributed by atoms with Crippen LogP contribution in [0.4, 0.5) is 0 Å². The average Bonchev–Trinajstić information content (AvgIpc) is 3.00. The van der Waals surface area contributed by atoms with Gasteiger partial charge in [0.15, 0.2) is 0 Å². The van der Waals surface area contributed by atoms with Gasteiger partial charge in [0.2, 0.25) is 0 Å². The fourth-order valence-corrected chi connectivity index (χ4v) is 6.52. The Hall–Kier alpha value is -4.16. The molecule has 3 aromatic carbocycles. The molecule has 0 spiro atoms. The molecule has 0 saturated carbocycles. The molecule has 6 heteroatoms. The Morgan fingerprint density at radius 1 is 0.780 bits per heavy atom. The van der Waals surface area contributed by atoms with E-state index in [0.29, 0.717) is 24.7 Å². The molecule has 0 bridgehead atoms. The third-order valence-corrected chi connectivity index (χ3v) is 9.03. The molecule has 0 aromatic heterocycles. The molecule has 212 valence electrons. The van der Waals surface area contributed by atoms with Gasteiger partial charge in [-0.1, -0.05) is 103 Å². The first-order valence-electron chi connectivity index (χ1n) is 14.3. The maximum Gasteiger partial charge on any atom is 0.316 e. The van der Waals surface area contributed by atoms with E-state index in [-0.39, 0.29) is 6.42 Å². The second-order valence-corrected chi connectivity index (χ2v) is 11.3. The number of carbonyl (C=O) groups is 2. The highest BCUT2D eigenvalue weighted by molar-refractivity contribution is 5.91. The van der Waals surface area contributed by atoms with Crippen LogP contribution >= 0.6 is 0 Å². The molecule has 2 aliphatic rings. The minimum atomic E-state index is -1.63. The number of piperazine rings is 1. The summed E-state index contributed by atoms with van der Waals surface area (Å²) in [7, 11) is 0. The predicted octanol–water partition coefficient (Wildman–Crippen LogP) is 5.68. The van der Waals surface area contributed by atoms with Crippen molar-refractivity contribution in [2.75, 3.05) is 32.7 Å². The van der Waals surface area contributed by atoms with Gasteiger partial charge in [0.05, 0.1) is 0 Å². The van der Waals surface area contributed by atoms with Crippen molar-refractivity contribution >= 4 is 11.9 Å². The van der Waals surface area contributed by atoms with Crippen LogP contribution in [0.25, 0.3) is 0 Å². The van der Waals surface area contributed by atoms with Gasteiger partial charge in [0.1, 0.15) is 10.8 Å². The monoisotopic (exact) mass is 550 g/mol. The van der Waals surface area contributed by atoms with Crippen LogP contribution in [0.1, 0.15) is 36.0 Å². The lowest BCUT2D eigenvalue weighted by molar-refractivity contribution is -0.167. The number of carboxylic acids is 2. The second kappa shape index (κ2) is 12.1. The van der Waals surface area contributed by atoms with Gasteiger partial charge >= 0.3 is 11.9 Å². The minimum absolute atomic E-state index is 0.0974. The lowest BCUT2D eigenvalue weighted by Crippen LogP contribution is -2.58. The van der Waals surface area contributed by atoms with Crippen molar-refractivity contribution in [2.24, 2.45) is 10.8 Å². The molecule has 2 atom stereocenters. The lowest BCUT2D eigenvalue weighted by Gasteiger charge is -2.49. The van der Waals surface area contributed by atoms with Crippen LogP contribution in [0.2, 0.25) is 0 Å². The molecule has 1 aliphatic carbocycles. The van der Waals surface area contributed by atoms with Crippen LogP contribution in [0, 0.1) is 10.8 Å².